The van der Waals surface area contributed by atoms with Crippen LogP contribution in [0.4, 0.5) is 5.69 Å². The van der Waals surface area contributed by atoms with Crippen molar-refractivity contribution in [2.75, 3.05) is 13.1 Å². The Kier molecular flexibility index (Phi) is 5.96. The van der Waals surface area contributed by atoms with Gasteiger partial charge in [0.1, 0.15) is 6.54 Å². The summed E-state index contributed by atoms with van der Waals surface area (Å²) in [6.45, 7) is 3.05. The molecule has 0 radical (unpaired) electrons. The van der Waals surface area contributed by atoms with Gasteiger partial charge in [0.15, 0.2) is 0 Å². The van der Waals surface area contributed by atoms with Crippen LogP contribution in [0, 0.1) is 10.1 Å². The monoisotopic (exact) mass is 354 g/mol. The number of nitro groups is 1. The molecule has 3 rings (SSSR count). The van der Waals surface area contributed by atoms with E-state index in [1.165, 1.54) is 16.5 Å². The van der Waals surface area contributed by atoms with Crippen LogP contribution in [-0.2, 0) is 17.8 Å². The van der Waals surface area contributed by atoms with Crippen molar-refractivity contribution in [3.63, 3.8) is 0 Å². The van der Waals surface area contributed by atoms with Crippen molar-refractivity contribution < 1.29 is 14.6 Å². The summed E-state index contributed by atoms with van der Waals surface area (Å²) in [5.74, 6) is -0.143. The zero-order chi connectivity index (χ0) is 18.4. The van der Waals surface area contributed by atoms with Crippen molar-refractivity contribution in [1.29, 1.82) is 0 Å². The van der Waals surface area contributed by atoms with Crippen molar-refractivity contribution in [2.24, 2.45) is 0 Å². The van der Waals surface area contributed by atoms with E-state index in [0.717, 1.165) is 32.5 Å². The van der Waals surface area contributed by atoms with Crippen LogP contribution in [0.3, 0.4) is 0 Å². The van der Waals surface area contributed by atoms with E-state index in [0.29, 0.717) is 5.56 Å². The van der Waals surface area contributed by atoms with Crippen molar-refractivity contribution in [3.05, 3.63) is 75.8 Å². The van der Waals surface area contributed by atoms with E-state index in [4.69, 9.17) is 0 Å². The first-order valence-electron chi connectivity index (χ1n) is 9.01. The van der Waals surface area contributed by atoms with Crippen LogP contribution in [0.5, 0.6) is 0 Å². The molecule has 26 heavy (non-hydrogen) atoms. The number of nitrogens with one attached hydrogen (secondary N) is 2. The number of hydrogen-bond donors (Lipinski definition) is 2. The van der Waals surface area contributed by atoms with Gasteiger partial charge in [-0.15, -0.1) is 0 Å². The van der Waals surface area contributed by atoms with Gasteiger partial charge in [0.25, 0.3) is 5.69 Å². The number of para-hydroxylation sites is 1. The van der Waals surface area contributed by atoms with Crippen LogP contribution < -0.4 is 10.2 Å². The van der Waals surface area contributed by atoms with Gasteiger partial charge < -0.3 is 10.2 Å². The normalized spacial score (nSPS) is 19.7. The van der Waals surface area contributed by atoms with Crippen LogP contribution in [0.15, 0.2) is 54.6 Å². The highest BCUT2D eigenvalue weighted by molar-refractivity contribution is 5.80. The first-order valence-corrected chi connectivity index (χ1v) is 9.01. The molecule has 1 heterocycles. The molecule has 0 aliphatic carbocycles. The molecule has 0 atom stereocenters. The Morgan fingerprint density at radius 3 is 2.42 bits per heavy atom. The molecule has 1 fully saturated rings. The molecular formula is C20H24N3O3+. The van der Waals surface area contributed by atoms with E-state index in [2.05, 4.69) is 29.6 Å². The Morgan fingerprint density at radius 1 is 1.08 bits per heavy atom. The fourth-order valence-electron chi connectivity index (χ4n) is 3.52. The number of nitrogens with zero attached hydrogens (tertiary/aromatic N) is 1. The Bertz CT molecular complexity index is 756. The van der Waals surface area contributed by atoms with Crippen molar-refractivity contribution >= 4 is 11.6 Å². The van der Waals surface area contributed by atoms with Gasteiger partial charge in [-0.3, -0.25) is 14.9 Å². The number of carbonyl (C=O) groups excluding carboxylic acids is 1. The molecule has 1 saturated heterocycles. The largest absolute Gasteiger partial charge is 0.353 e. The molecule has 0 aromatic heterocycles. The second-order valence-electron chi connectivity index (χ2n) is 6.82. The zero-order valence-electron chi connectivity index (χ0n) is 14.7. The Balaban J connectivity index is 1.47. The summed E-state index contributed by atoms with van der Waals surface area (Å²) in [6, 6.07) is 17.0. The fourth-order valence-corrected chi connectivity index (χ4v) is 3.52. The number of hydrogen-bond acceptors (Lipinski definition) is 3. The predicted molar refractivity (Wildman–Crippen MR) is 98.8 cm³/mol. The third-order valence-electron chi connectivity index (χ3n) is 4.89. The number of quaternary nitrogens is 1. The van der Waals surface area contributed by atoms with Crippen LogP contribution >= 0.6 is 0 Å². The standard InChI is InChI=1S/C20H23N3O3/c24-20(14-17-8-4-5-9-19(17)23(25)26)21-18-10-12-22(13-11-18)15-16-6-2-1-3-7-16/h1-9,18H,10-15H2,(H,21,24)/p+1. The molecule has 6 nitrogen and oxygen atoms in total. The summed E-state index contributed by atoms with van der Waals surface area (Å²) in [5, 5.41) is 14.1. The van der Waals surface area contributed by atoms with Gasteiger partial charge in [-0.2, -0.15) is 0 Å². The zero-order valence-corrected chi connectivity index (χ0v) is 14.7. The van der Waals surface area contributed by atoms with Gasteiger partial charge in [0.2, 0.25) is 5.91 Å². The molecule has 0 saturated carbocycles. The number of rotatable bonds is 6. The second kappa shape index (κ2) is 8.58. The number of likely N-dealkylation sites (tertiary alicyclic amines) is 1. The number of nitro benzene ring substituents is 1. The van der Waals surface area contributed by atoms with Gasteiger partial charge >= 0.3 is 0 Å². The maximum Gasteiger partial charge on any atom is 0.273 e. The highest BCUT2D eigenvalue weighted by Crippen LogP contribution is 2.18. The summed E-state index contributed by atoms with van der Waals surface area (Å²) < 4.78 is 0. The maximum absolute atomic E-state index is 12.3. The van der Waals surface area contributed by atoms with E-state index < -0.39 is 4.92 Å². The van der Waals surface area contributed by atoms with Crippen molar-refractivity contribution in [1.82, 2.24) is 5.32 Å². The van der Waals surface area contributed by atoms with Crippen LogP contribution in [-0.4, -0.2) is 30.0 Å². The van der Waals surface area contributed by atoms with Crippen LogP contribution in [0.1, 0.15) is 24.0 Å². The fraction of sp³-hybridized carbons (Fsp3) is 0.350. The SMILES string of the molecule is O=C(Cc1ccccc1[N+](=O)[O-])NC1CC[NH+](Cc2ccccc2)CC1. The lowest BCUT2D eigenvalue weighted by Gasteiger charge is -2.29. The summed E-state index contributed by atoms with van der Waals surface area (Å²) in [4.78, 5) is 24.4. The van der Waals surface area contributed by atoms with E-state index in [1.807, 2.05) is 6.07 Å². The number of carbonyl (C=O) groups is 1. The lowest BCUT2D eigenvalue weighted by molar-refractivity contribution is -0.918. The summed E-state index contributed by atoms with van der Waals surface area (Å²) in [7, 11) is 0. The number of amides is 1. The average Bonchev–Trinajstić information content (AvgIpc) is 2.64. The van der Waals surface area contributed by atoms with Gasteiger partial charge in [0.05, 0.1) is 24.4 Å². The van der Waals surface area contributed by atoms with Crippen LogP contribution in [0.25, 0.3) is 0 Å². The molecule has 0 unspecified atom stereocenters. The first kappa shape index (κ1) is 18.1. The molecule has 2 aromatic carbocycles. The van der Waals surface area contributed by atoms with Crippen molar-refractivity contribution in [3.8, 4) is 0 Å². The molecule has 1 aliphatic heterocycles. The molecule has 1 aliphatic rings. The van der Waals surface area contributed by atoms with E-state index in [-0.39, 0.29) is 24.1 Å². The number of benzene rings is 2. The molecule has 2 N–H and O–H groups in total. The maximum atomic E-state index is 12.3. The Morgan fingerprint density at radius 2 is 1.73 bits per heavy atom. The van der Waals surface area contributed by atoms with E-state index >= 15 is 0 Å². The molecule has 6 heteroatoms. The summed E-state index contributed by atoms with van der Waals surface area (Å²) in [6.07, 6.45) is 1.92. The number of piperidine rings is 1. The molecule has 2 aromatic rings. The minimum Gasteiger partial charge on any atom is -0.353 e. The summed E-state index contributed by atoms with van der Waals surface area (Å²) in [5.41, 5.74) is 1.80. The predicted octanol–water partition coefficient (Wildman–Crippen LogP) is 1.50. The van der Waals surface area contributed by atoms with Gasteiger partial charge in [-0.05, 0) is 0 Å². The molecule has 0 spiro atoms. The van der Waals surface area contributed by atoms with E-state index in [1.54, 1.807) is 18.2 Å². The highest BCUT2D eigenvalue weighted by Gasteiger charge is 2.24. The minimum absolute atomic E-state index is 0.00442. The lowest BCUT2D eigenvalue weighted by atomic mass is 10.0. The third kappa shape index (κ3) is 4.89. The quantitative estimate of drug-likeness (QED) is 0.610. The highest BCUT2D eigenvalue weighted by atomic mass is 16.6. The molecular weight excluding hydrogens is 330 g/mol. The smallest absolute Gasteiger partial charge is 0.273 e. The average molecular weight is 354 g/mol. The third-order valence-corrected chi connectivity index (χ3v) is 4.89. The summed E-state index contributed by atoms with van der Waals surface area (Å²) >= 11 is 0. The lowest BCUT2D eigenvalue weighted by Crippen LogP contribution is -3.12. The van der Waals surface area contributed by atoms with E-state index in [9.17, 15) is 14.9 Å². The Labute approximate surface area is 153 Å². The molecule has 1 amide bonds. The van der Waals surface area contributed by atoms with Crippen molar-refractivity contribution in [2.45, 2.75) is 31.8 Å². The topological polar surface area (TPSA) is 76.7 Å². The Hall–Kier alpha value is -2.73. The van der Waals surface area contributed by atoms with Crippen LogP contribution in [0.2, 0.25) is 0 Å². The van der Waals surface area contributed by atoms with Gasteiger partial charge in [-0.1, -0.05) is 48.5 Å². The second-order valence-corrected chi connectivity index (χ2v) is 6.82. The van der Waals surface area contributed by atoms with Gasteiger partial charge in [0, 0.05) is 36.1 Å². The first-order chi connectivity index (χ1) is 12.6. The minimum atomic E-state index is -0.436. The molecule has 0 bridgehead atoms. The van der Waals surface area contributed by atoms with Gasteiger partial charge in [-0.25, -0.2) is 0 Å². The molecule has 136 valence electrons.